The second kappa shape index (κ2) is 6.27. The van der Waals surface area contributed by atoms with Crippen molar-refractivity contribution in [2.45, 2.75) is 39.2 Å². The minimum Gasteiger partial charge on any atom is -0.393 e. The number of amides is 2. The topological polar surface area (TPSA) is 52.6 Å². The molecule has 110 valence electrons. The van der Waals surface area contributed by atoms with Crippen molar-refractivity contribution in [3.05, 3.63) is 29.3 Å². The summed E-state index contributed by atoms with van der Waals surface area (Å²) < 4.78 is 0. The maximum Gasteiger partial charge on any atom is 0.321 e. The maximum absolute atomic E-state index is 12.2. The van der Waals surface area contributed by atoms with Gasteiger partial charge in [-0.15, -0.1) is 0 Å². The molecule has 0 aromatic heterocycles. The van der Waals surface area contributed by atoms with Crippen molar-refractivity contribution in [2.75, 3.05) is 18.9 Å². The standard InChI is InChI=1S/C16H24N2O2/c1-11-7-8-14(12(2)9-11)17-16(20)18(3)10-13-5-4-6-15(13)19/h7-9,13,15,19H,4-6,10H2,1-3H3,(H,17,20). The number of benzene rings is 1. The first-order valence-corrected chi connectivity index (χ1v) is 7.25. The van der Waals surface area contributed by atoms with Gasteiger partial charge in [0.05, 0.1) is 6.10 Å². The van der Waals surface area contributed by atoms with E-state index in [4.69, 9.17) is 0 Å². The largest absolute Gasteiger partial charge is 0.393 e. The highest BCUT2D eigenvalue weighted by molar-refractivity contribution is 5.90. The lowest BCUT2D eigenvalue weighted by molar-refractivity contribution is 0.116. The highest BCUT2D eigenvalue weighted by atomic mass is 16.3. The van der Waals surface area contributed by atoms with Gasteiger partial charge in [-0.2, -0.15) is 0 Å². The Balaban J connectivity index is 1.93. The number of nitrogens with one attached hydrogen (secondary N) is 1. The van der Waals surface area contributed by atoms with Crippen LogP contribution in [0, 0.1) is 19.8 Å². The summed E-state index contributed by atoms with van der Waals surface area (Å²) in [5.74, 6) is 0.213. The first-order valence-electron chi connectivity index (χ1n) is 7.25. The highest BCUT2D eigenvalue weighted by Crippen LogP contribution is 2.26. The second-order valence-corrected chi connectivity index (χ2v) is 5.89. The van der Waals surface area contributed by atoms with Crippen LogP contribution in [0.1, 0.15) is 30.4 Å². The van der Waals surface area contributed by atoms with E-state index < -0.39 is 0 Å². The Bertz CT molecular complexity index is 487. The van der Waals surface area contributed by atoms with E-state index in [1.54, 1.807) is 11.9 Å². The number of aryl methyl sites for hydroxylation is 2. The van der Waals surface area contributed by atoms with Gasteiger partial charge in [-0.3, -0.25) is 0 Å². The first kappa shape index (κ1) is 14.9. The van der Waals surface area contributed by atoms with Gasteiger partial charge in [-0.05, 0) is 38.3 Å². The normalized spacial score (nSPS) is 21.8. The van der Waals surface area contributed by atoms with Crippen LogP contribution < -0.4 is 5.32 Å². The van der Waals surface area contributed by atoms with Crippen LogP contribution in [-0.4, -0.2) is 35.7 Å². The number of anilines is 1. The lowest BCUT2D eigenvalue weighted by Gasteiger charge is -2.24. The van der Waals surface area contributed by atoms with Crippen molar-refractivity contribution < 1.29 is 9.90 Å². The Morgan fingerprint density at radius 2 is 2.15 bits per heavy atom. The Labute approximate surface area is 120 Å². The summed E-state index contributed by atoms with van der Waals surface area (Å²) in [7, 11) is 1.78. The molecule has 0 spiro atoms. The summed E-state index contributed by atoms with van der Waals surface area (Å²) in [5.41, 5.74) is 3.09. The summed E-state index contributed by atoms with van der Waals surface area (Å²) in [6.07, 6.45) is 2.66. The van der Waals surface area contributed by atoms with Crippen molar-refractivity contribution in [3.8, 4) is 0 Å². The molecule has 0 heterocycles. The molecule has 2 N–H and O–H groups in total. The Kier molecular flexibility index (Phi) is 4.65. The molecule has 4 nitrogen and oxygen atoms in total. The van der Waals surface area contributed by atoms with Crippen molar-refractivity contribution in [1.82, 2.24) is 4.90 Å². The van der Waals surface area contributed by atoms with Gasteiger partial charge in [0, 0.05) is 25.2 Å². The van der Waals surface area contributed by atoms with E-state index in [1.807, 2.05) is 26.0 Å². The van der Waals surface area contributed by atoms with Crippen LogP contribution in [0.15, 0.2) is 18.2 Å². The third-order valence-electron chi connectivity index (χ3n) is 4.10. The predicted octanol–water partition coefficient (Wildman–Crippen LogP) is 2.93. The molecule has 2 atom stereocenters. The van der Waals surface area contributed by atoms with E-state index in [0.29, 0.717) is 6.54 Å². The van der Waals surface area contributed by atoms with E-state index in [9.17, 15) is 9.90 Å². The fraction of sp³-hybridized carbons (Fsp3) is 0.562. The zero-order valence-corrected chi connectivity index (χ0v) is 12.5. The van der Waals surface area contributed by atoms with E-state index >= 15 is 0 Å². The first-order chi connectivity index (χ1) is 9.47. The van der Waals surface area contributed by atoms with Crippen LogP contribution in [0.5, 0.6) is 0 Å². The summed E-state index contributed by atoms with van der Waals surface area (Å²) in [6, 6.07) is 5.86. The molecule has 2 unspecified atom stereocenters. The maximum atomic E-state index is 12.2. The molecule has 2 amide bonds. The third-order valence-corrected chi connectivity index (χ3v) is 4.10. The summed E-state index contributed by atoms with van der Waals surface area (Å²) in [6.45, 7) is 4.63. The predicted molar refractivity (Wildman–Crippen MR) is 80.9 cm³/mol. The number of aliphatic hydroxyl groups excluding tert-OH is 1. The minimum atomic E-state index is -0.258. The van der Waals surface area contributed by atoms with Gasteiger partial charge < -0.3 is 15.3 Å². The van der Waals surface area contributed by atoms with Gasteiger partial charge in [-0.25, -0.2) is 4.79 Å². The number of carbonyl (C=O) groups excluding carboxylic acids is 1. The average Bonchev–Trinajstić information content (AvgIpc) is 2.78. The molecule has 0 aliphatic heterocycles. The number of urea groups is 1. The lowest BCUT2D eigenvalue weighted by atomic mass is 10.1. The zero-order chi connectivity index (χ0) is 14.7. The smallest absolute Gasteiger partial charge is 0.321 e. The highest BCUT2D eigenvalue weighted by Gasteiger charge is 2.27. The number of aliphatic hydroxyl groups is 1. The molecule has 1 aromatic rings. The van der Waals surface area contributed by atoms with Crippen molar-refractivity contribution in [1.29, 1.82) is 0 Å². The zero-order valence-electron chi connectivity index (χ0n) is 12.5. The molecular formula is C16H24N2O2. The molecule has 20 heavy (non-hydrogen) atoms. The van der Waals surface area contributed by atoms with Gasteiger partial charge in [0.2, 0.25) is 0 Å². The van der Waals surface area contributed by atoms with E-state index in [0.717, 1.165) is 30.5 Å². The van der Waals surface area contributed by atoms with Gasteiger partial charge in [0.25, 0.3) is 0 Å². The second-order valence-electron chi connectivity index (χ2n) is 5.89. The van der Waals surface area contributed by atoms with Crippen LogP contribution in [0.4, 0.5) is 10.5 Å². The molecular weight excluding hydrogens is 252 g/mol. The number of rotatable bonds is 3. The van der Waals surface area contributed by atoms with Gasteiger partial charge in [0.1, 0.15) is 0 Å². The number of hydrogen-bond acceptors (Lipinski definition) is 2. The lowest BCUT2D eigenvalue weighted by Crippen LogP contribution is -2.37. The van der Waals surface area contributed by atoms with Gasteiger partial charge >= 0.3 is 6.03 Å². The molecule has 4 heteroatoms. The summed E-state index contributed by atoms with van der Waals surface area (Å²) in [5, 5.41) is 12.8. The fourth-order valence-electron chi connectivity index (χ4n) is 2.83. The fourth-order valence-corrected chi connectivity index (χ4v) is 2.83. The van der Waals surface area contributed by atoms with Crippen molar-refractivity contribution in [2.24, 2.45) is 5.92 Å². The van der Waals surface area contributed by atoms with Gasteiger partial charge in [0.15, 0.2) is 0 Å². The van der Waals surface area contributed by atoms with Gasteiger partial charge in [-0.1, -0.05) is 24.1 Å². The van der Waals surface area contributed by atoms with Crippen LogP contribution in [0.2, 0.25) is 0 Å². The Morgan fingerprint density at radius 3 is 2.75 bits per heavy atom. The van der Waals surface area contributed by atoms with Crippen molar-refractivity contribution >= 4 is 11.7 Å². The van der Waals surface area contributed by atoms with E-state index in [1.165, 1.54) is 5.56 Å². The molecule has 1 aliphatic rings. The van der Waals surface area contributed by atoms with Crippen LogP contribution >= 0.6 is 0 Å². The van der Waals surface area contributed by atoms with E-state index in [2.05, 4.69) is 11.4 Å². The molecule has 1 saturated carbocycles. The van der Waals surface area contributed by atoms with E-state index in [-0.39, 0.29) is 18.1 Å². The SMILES string of the molecule is Cc1ccc(NC(=O)N(C)CC2CCCC2O)c(C)c1. The monoisotopic (exact) mass is 276 g/mol. The van der Waals surface area contributed by atoms with Crippen LogP contribution in [-0.2, 0) is 0 Å². The average molecular weight is 276 g/mol. The number of carbonyl (C=O) groups is 1. The molecule has 0 saturated heterocycles. The quantitative estimate of drug-likeness (QED) is 0.892. The summed E-state index contributed by atoms with van der Waals surface area (Å²) in [4.78, 5) is 13.8. The number of nitrogens with zero attached hydrogens (tertiary/aromatic N) is 1. The van der Waals surface area contributed by atoms with Crippen molar-refractivity contribution in [3.63, 3.8) is 0 Å². The van der Waals surface area contributed by atoms with Crippen LogP contribution in [0.3, 0.4) is 0 Å². The minimum absolute atomic E-state index is 0.115. The molecule has 2 rings (SSSR count). The molecule has 1 fully saturated rings. The van der Waals surface area contributed by atoms with Crippen LogP contribution in [0.25, 0.3) is 0 Å². The molecule has 1 aliphatic carbocycles. The molecule has 0 radical (unpaired) electrons. The Hall–Kier alpha value is -1.55. The molecule has 0 bridgehead atoms. The summed E-state index contributed by atoms with van der Waals surface area (Å²) >= 11 is 0. The number of hydrogen-bond donors (Lipinski definition) is 2. The molecule has 1 aromatic carbocycles. The Morgan fingerprint density at radius 1 is 1.40 bits per heavy atom. The third kappa shape index (κ3) is 3.51.